The average molecular weight is 821 g/mol. The Labute approximate surface area is 344 Å². The quantitative estimate of drug-likeness (QED) is 0.254. The number of fused-ring (bicyclic) bond motifs is 14. The molecule has 59 heavy (non-hydrogen) atoms. The van der Waals surface area contributed by atoms with Crippen LogP contribution < -0.4 is 10.1 Å². The van der Waals surface area contributed by atoms with E-state index in [1.807, 2.05) is 7.05 Å². The predicted octanol–water partition coefficient (Wildman–Crippen LogP) is 3.23. The van der Waals surface area contributed by atoms with Crippen molar-refractivity contribution in [2.45, 2.75) is 85.6 Å². The zero-order valence-corrected chi connectivity index (χ0v) is 35.3. The summed E-state index contributed by atoms with van der Waals surface area (Å²) < 4.78 is 23.5. The predicted molar refractivity (Wildman–Crippen MR) is 216 cm³/mol. The number of aliphatic hydroxyl groups is 2. The third kappa shape index (κ3) is 8.91. The van der Waals surface area contributed by atoms with Crippen LogP contribution >= 0.6 is 0 Å². The molecule has 4 aliphatic heterocycles. The number of esters is 1. The molecule has 0 saturated carbocycles. The molecule has 9 atom stereocenters. The zero-order valence-electron chi connectivity index (χ0n) is 35.3. The van der Waals surface area contributed by atoms with Crippen molar-refractivity contribution in [1.82, 2.24) is 15.2 Å². The first-order valence-corrected chi connectivity index (χ1v) is 19.7. The topological polar surface area (TPSA) is 214 Å². The molecule has 0 radical (unpaired) electrons. The largest absolute Gasteiger partial charge is 0.507 e. The average Bonchev–Trinajstić information content (AvgIpc) is 3.46. The number of likely N-dealkylation sites (N-methyl/N-ethyl adjacent to an activating group) is 1. The van der Waals surface area contributed by atoms with Gasteiger partial charge < -0.3 is 44.5 Å². The summed E-state index contributed by atoms with van der Waals surface area (Å²) in [6, 6.07) is 0. The van der Waals surface area contributed by atoms with Crippen LogP contribution in [0.4, 0.5) is 0 Å². The number of allylic oxidation sites excluding steroid dienone is 4. The Hall–Kier alpha value is -5.16. The molecule has 1 amide bonds. The molecule has 1 saturated heterocycles. The second-order valence-corrected chi connectivity index (χ2v) is 16.1. The molecule has 6 rings (SSSR count). The van der Waals surface area contributed by atoms with E-state index in [0.717, 1.165) is 0 Å². The maximum absolute atomic E-state index is 14.6. The number of carbonyl (C=O) groups is 5. The van der Waals surface area contributed by atoms with Gasteiger partial charge in [-0.2, -0.15) is 5.10 Å². The number of hydrogen-bond donors (Lipinski definition) is 4. The highest BCUT2D eigenvalue weighted by Gasteiger charge is 2.52. The first-order chi connectivity index (χ1) is 27.7. The van der Waals surface area contributed by atoms with Gasteiger partial charge >= 0.3 is 11.8 Å². The number of ether oxygens (including phenoxy) is 4. The summed E-state index contributed by atoms with van der Waals surface area (Å²) in [6.45, 7) is 14.8. The van der Waals surface area contributed by atoms with E-state index < -0.39 is 106 Å². The molecule has 5 bridgehead atoms. The van der Waals surface area contributed by atoms with E-state index in [4.69, 9.17) is 18.9 Å². The highest BCUT2D eigenvalue weighted by Crippen LogP contribution is 2.48. The number of phenols is 1. The fourth-order valence-corrected chi connectivity index (χ4v) is 7.89. The summed E-state index contributed by atoms with van der Waals surface area (Å²) in [4.78, 5) is 71.6. The van der Waals surface area contributed by atoms with Gasteiger partial charge in [-0.25, -0.2) is 0 Å². The van der Waals surface area contributed by atoms with Gasteiger partial charge in [0.15, 0.2) is 5.78 Å². The van der Waals surface area contributed by atoms with E-state index >= 15 is 0 Å². The summed E-state index contributed by atoms with van der Waals surface area (Å²) in [6.07, 6.45) is 4.56. The Kier molecular flexibility index (Phi) is 13.7. The molecule has 4 N–H and O–H groups in total. The van der Waals surface area contributed by atoms with E-state index in [0.29, 0.717) is 26.2 Å². The first kappa shape index (κ1) is 44.9. The van der Waals surface area contributed by atoms with Gasteiger partial charge in [0.2, 0.25) is 5.78 Å². The van der Waals surface area contributed by atoms with Crippen molar-refractivity contribution < 1.29 is 58.2 Å². The number of piperazine rings is 1. The fraction of sp³-hybridized carbons (Fsp3) is 0.535. The summed E-state index contributed by atoms with van der Waals surface area (Å²) in [7, 11) is 3.39. The molecule has 1 aliphatic carbocycles. The number of hydrogen-bond acceptors (Lipinski definition) is 15. The lowest BCUT2D eigenvalue weighted by molar-refractivity contribution is -0.160. The van der Waals surface area contributed by atoms with Crippen molar-refractivity contribution in [3.8, 4) is 11.5 Å². The number of nitrogens with one attached hydrogen (secondary N) is 1. The fourth-order valence-electron chi connectivity index (χ4n) is 7.89. The summed E-state index contributed by atoms with van der Waals surface area (Å²) in [5.41, 5.74) is -1.82. The minimum atomic E-state index is -2.09. The number of hydrazone groups is 1. The van der Waals surface area contributed by atoms with Crippen molar-refractivity contribution in [2.24, 2.45) is 28.8 Å². The Morgan fingerprint density at radius 1 is 0.949 bits per heavy atom. The highest BCUT2D eigenvalue weighted by molar-refractivity contribution is 6.37. The molecule has 4 heterocycles. The second-order valence-electron chi connectivity index (χ2n) is 16.1. The van der Waals surface area contributed by atoms with Crippen LogP contribution in [0.3, 0.4) is 0 Å². The maximum atomic E-state index is 14.6. The Morgan fingerprint density at radius 2 is 1.61 bits per heavy atom. The molecule has 1 aromatic carbocycles. The third-order valence-corrected chi connectivity index (χ3v) is 11.8. The first-order valence-electron chi connectivity index (χ1n) is 19.7. The molecular weight excluding hydrogens is 764 g/mol. The number of Topliss-reactive ketones (excluding diaryl/α,β-unsaturated/α-hetero) is 3. The number of benzene rings is 1. The molecule has 320 valence electrons. The Balaban J connectivity index is 1.66. The monoisotopic (exact) mass is 820 g/mol. The van der Waals surface area contributed by atoms with Crippen LogP contribution in [0.1, 0.15) is 85.1 Å². The number of methoxy groups -OCH3 is 1. The van der Waals surface area contributed by atoms with Crippen molar-refractivity contribution >= 4 is 35.4 Å². The van der Waals surface area contributed by atoms with Gasteiger partial charge in [-0.15, -0.1) is 0 Å². The third-order valence-electron chi connectivity index (χ3n) is 11.8. The molecule has 1 fully saturated rings. The van der Waals surface area contributed by atoms with Crippen LogP contribution in [0.5, 0.6) is 11.5 Å². The summed E-state index contributed by atoms with van der Waals surface area (Å²) in [5.74, 6) is -9.34. The minimum Gasteiger partial charge on any atom is -0.507 e. The van der Waals surface area contributed by atoms with Gasteiger partial charge in [-0.3, -0.25) is 29.0 Å². The van der Waals surface area contributed by atoms with E-state index in [1.54, 1.807) is 44.9 Å². The van der Waals surface area contributed by atoms with Gasteiger partial charge in [0, 0.05) is 81.9 Å². The second kappa shape index (κ2) is 18.0. The molecule has 0 aromatic heterocycles. The molecule has 0 spiro atoms. The van der Waals surface area contributed by atoms with Crippen LogP contribution in [0.15, 0.2) is 52.5 Å². The standard InChI is InChI=1S/C43H56N4O12/c1-21-12-11-13-22(2)42(55)45-33-28(20-44-47-17-15-46(9)16-18-47)37(52)30-31(38(33)53)36(51)26(6)40-32(30)41(54)43(8,59-40)57-19-14-29(56-10)23(3)39(58-27(7)48)25(5)35(50)24(4)34(21)49/h11-14,19-21,23-25,29,34-35,39,49-51H,15-18H2,1-10H3,(H,45,55)/b12-11+,19-14+,22-13?,44-20+. The lowest BCUT2D eigenvalue weighted by Gasteiger charge is -2.38. The smallest absolute Gasteiger partial charge is 0.312 e. The number of rotatable bonds is 4. The van der Waals surface area contributed by atoms with Crippen molar-refractivity contribution in [3.63, 3.8) is 0 Å². The maximum Gasteiger partial charge on any atom is 0.312 e. The van der Waals surface area contributed by atoms with Crippen molar-refractivity contribution in [1.29, 1.82) is 0 Å². The molecule has 16 nitrogen and oxygen atoms in total. The van der Waals surface area contributed by atoms with E-state index in [2.05, 4.69) is 15.3 Å². The number of nitrogens with zero attached hydrogens (tertiary/aromatic N) is 3. The molecule has 16 heteroatoms. The van der Waals surface area contributed by atoms with Crippen LogP contribution in [0.2, 0.25) is 0 Å². The number of aliphatic hydroxyl groups excluding tert-OH is 2. The molecule has 5 aliphatic rings. The zero-order chi connectivity index (χ0) is 43.7. The number of phenolic OH excluding ortho intramolecular Hbond substituents is 1. The number of carbonyl (C=O) groups excluding carboxylic acids is 5. The number of amides is 1. The van der Waals surface area contributed by atoms with Crippen LogP contribution in [0, 0.1) is 30.6 Å². The number of aromatic hydroxyl groups is 1. The lowest BCUT2D eigenvalue weighted by Crippen LogP contribution is -2.46. The summed E-state index contributed by atoms with van der Waals surface area (Å²) in [5, 5.41) is 43.1. The van der Waals surface area contributed by atoms with Crippen molar-refractivity contribution in [3.05, 3.63) is 69.7 Å². The Morgan fingerprint density at radius 3 is 2.24 bits per heavy atom. The SMILES string of the molecule is COC1/C=C/OC2(C)Oc3c(C)c(O)c4c(c3C2=O)C(=O)C(/C=N/N2CCN(C)CC2)=C(NC(=O)C(C)=C/C=C/C(C)C(O)C(C)C(O)C(C)C(OC(C)=O)C1C)C4=O. The highest BCUT2D eigenvalue weighted by atomic mass is 16.7. The minimum absolute atomic E-state index is 0.0118. The van der Waals surface area contributed by atoms with Gasteiger partial charge in [-0.1, -0.05) is 45.9 Å². The van der Waals surface area contributed by atoms with E-state index in [9.17, 15) is 39.3 Å². The van der Waals surface area contributed by atoms with Gasteiger partial charge in [-0.05, 0) is 27.0 Å². The van der Waals surface area contributed by atoms with Gasteiger partial charge in [0.1, 0.15) is 23.3 Å². The van der Waals surface area contributed by atoms with Crippen molar-refractivity contribution in [2.75, 3.05) is 40.3 Å². The summed E-state index contributed by atoms with van der Waals surface area (Å²) >= 11 is 0. The van der Waals surface area contributed by atoms with Crippen LogP contribution in [-0.4, -0.2) is 131 Å². The Bertz CT molecular complexity index is 2030. The van der Waals surface area contributed by atoms with E-state index in [1.165, 1.54) is 59.4 Å². The van der Waals surface area contributed by atoms with Crippen LogP contribution in [-0.2, 0) is 23.8 Å². The van der Waals surface area contributed by atoms with Crippen LogP contribution in [0.25, 0.3) is 0 Å². The molecular formula is C43H56N4O12. The normalized spacial score (nSPS) is 32.4. The van der Waals surface area contributed by atoms with Gasteiger partial charge in [0.05, 0.1) is 53.1 Å². The lowest BCUT2D eigenvalue weighted by atomic mass is 9.78. The molecule has 1 aromatic rings. The van der Waals surface area contributed by atoms with Gasteiger partial charge in [0.25, 0.3) is 11.7 Å². The molecule has 9 unspecified atom stereocenters. The van der Waals surface area contributed by atoms with E-state index in [-0.39, 0.29) is 28.0 Å². The number of ketones is 3.